The smallest absolute Gasteiger partial charge is 0.0838 e. The average Bonchev–Trinajstić information content (AvgIpc) is 2.40. The molecular formula is C14H24N4O. The molecule has 0 radical (unpaired) electrons. The number of nitrogen functional groups attached to an aromatic ring is 1. The van der Waals surface area contributed by atoms with Gasteiger partial charge >= 0.3 is 0 Å². The summed E-state index contributed by atoms with van der Waals surface area (Å²) in [7, 11) is 6.00. The Morgan fingerprint density at radius 2 is 2.11 bits per heavy atom. The van der Waals surface area contributed by atoms with Crippen LogP contribution in [0.4, 0.5) is 11.4 Å². The second-order valence-electron chi connectivity index (χ2n) is 5.55. The Labute approximate surface area is 115 Å². The van der Waals surface area contributed by atoms with E-state index in [0.29, 0.717) is 0 Å². The molecule has 0 amide bonds. The van der Waals surface area contributed by atoms with Crippen molar-refractivity contribution in [1.82, 2.24) is 9.88 Å². The summed E-state index contributed by atoms with van der Waals surface area (Å²) in [5.41, 5.74) is 7.80. The number of nitrogens with zero attached hydrogens (tertiary/aromatic N) is 3. The summed E-state index contributed by atoms with van der Waals surface area (Å²) in [6.07, 6.45) is 5.55. The van der Waals surface area contributed by atoms with E-state index in [4.69, 9.17) is 10.5 Å². The highest BCUT2D eigenvalue weighted by molar-refractivity contribution is 5.66. The van der Waals surface area contributed by atoms with E-state index in [9.17, 15) is 0 Å². The summed E-state index contributed by atoms with van der Waals surface area (Å²) >= 11 is 0. The van der Waals surface area contributed by atoms with Gasteiger partial charge in [0.25, 0.3) is 0 Å². The van der Waals surface area contributed by atoms with Crippen LogP contribution in [-0.2, 0) is 4.74 Å². The van der Waals surface area contributed by atoms with Crippen LogP contribution in [0.3, 0.4) is 0 Å². The number of hydrogen-bond donors (Lipinski definition) is 1. The van der Waals surface area contributed by atoms with Gasteiger partial charge in [0.05, 0.1) is 23.2 Å². The maximum atomic E-state index is 5.99. The van der Waals surface area contributed by atoms with Crippen LogP contribution >= 0.6 is 0 Å². The highest BCUT2D eigenvalue weighted by Gasteiger charge is 2.35. The standard InChI is InChI=1S/C14H24N4O/c1-17(2)11-14(19-3)5-8-18(9-6-14)13-4-7-16-10-12(13)15/h4,7,10H,5-6,8-9,11,15H2,1-3H3. The normalized spacial score (nSPS) is 18.8. The lowest BCUT2D eigenvalue weighted by Gasteiger charge is -2.43. The van der Waals surface area contributed by atoms with Gasteiger partial charge in [0.2, 0.25) is 0 Å². The lowest BCUT2D eigenvalue weighted by Crippen LogP contribution is -2.51. The van der Waals surface area contributed by atoms with Crippen LogP contribution in [0.5, 0.6) is 0 Å². The fraction of sp³-hybridized carbons (Fsp3) is 0.643. The molecule has 5 heteroatoms. The lowest BCUT2D eigenvalue weighted by atomic mass is 9.90. The number of nitrogens with two attached hydrogens (primary N) is 1. The SMILES string of the molecule is COC1(CN(C)C)CCN(c2ccncc2N)CC1. The number of hydrogen-bond acceptors (Lipinski definition) is 5. The number of rotatable bonds is 4. The van der Waals surface area contributed by atoms with Gasteiger partial charge in [-0.3, -0.25) is 4.98 Å². The van der Waals surface area contributed by atoms with E-state index in [0.717, 1.165) is 43.9 Å². The topological polar surface area (TPSA) is 54.6 Å². The first kappa shape index (κ1) is 14.1. The van der Waals surface area contributed by atoms with Gasteiger partial charge in [-0.1, -0.05) is 0 Å². The van der Waals surface area contributed by atoms with E-state index in [-0.39, 0.29) is 5.60 Å². The number of piperidine rings is 1. The van der Waals surface area contributed by atoms with Gasteiger partial charge < -0.3 is 20.3 Å². The Morgan fingerprint density at radius 3 is 2.63 bits per heavy atom. The largest absolute Gasteiger partial charge is 0.396 e. The Hall–Kier alpha value is -1.33. The monoisotopic (exact) mass is 264 g/mol. The molecular weight excluding hydrogens is 240 g/mol. The van der Waals surface area contributed by atoms with Gasteiger partial charge in [-0.25, -0.2) is 0 Å². The molecule has 1 saturated heterocycles. The van der Waals surface area contributed by atoms with Gasteiger partial charge in [-0.2, -0.15) is 0 Å². The second kappa shape index (κ2) is 5.75. The molecule has 1 aliphatic heterocycles. The Kier molecular flexibility index (Phi) is 4.27. The van der Waals surface area contributed by atoms with Gasteiger partial charge in [0.1, 0.15) is 0 Å². The third-order valence-electron chi connectivity index (χ3n) is 3.88. The number of aromatic nitrogens is 1. The van der Waals surface area contributed by atoms with Crippen molar-refractivity contribution in [3.05, 3.63) is 18.5 Å². The molecule has 0 aromatic carbocycles. The summed E-state index contributed by atoms with van der Waals surface area (Å²) in [5, 5.41) is 0. The second-order valence-corrected chi connectivity index (χ2v) is 5.55. The van der Waals surface area contributed by atoms with Gasteiger partial charge in [-0.05, 0) is 33.0 Å². The molecule has 1 aromatic rings. The van der Waals surface area contributed by atoms with Crippen molar-refractivity contribution >= 4 is 11.4 Å². The zero-order chi connectivity index (χ0) is 13.9. The van der Waals surface area contributed by atoms with E-state index >= 15 is 0 Å². The minimum atomic E-state index is -0.0260. The highest BCUT2D eigenvalue weighted by Crippen LogP contribution is 2.31. The predicted molar refractivity (Wildman–Crippen MR) is 78.4 cm³/mol. The fourth-order valence-corrected chi connectivity index (χ4v) is 2.85. The molecule has 0 aliphatic carbocycles. The van der Waals surface area contributed by atoms with E-state index in [1.165, 1.54) is 0 Å². The molecule has 0 spiro atoms. The zero-order valence-corrected chi connectivity index (χ0v) is 12.1. The third kappa shape index (κ3) is 3.16. The minimum absolute atomic E-state index is 0.0260. The Bertz CT molecular complexity index is 414. The quantitative estimate of drug-likeness (QED) is 0.886. The molecule has 19 heavy (non-hydrogen) atoms. The van der Waals surface area contributed by atoms with E-state index in [1.54, 1.807) is 12.4 Å². The first-order valence-corrected chi connectivity index (χ1v) is 6.71. The molecule has 0 saturated carbocycles. The first-order chi connectivity index (χ1) is 9.06. The number of ether oxygens (including phenoxy) is 1. The van der Waals surface area contributed by atoms with Crippen molar-refractivity contribution < 1.29 is 4.74 Å². The average molecular weight is 264 g/mol. The summed E-state index contributed by atoms with van der Waals surface area (Å²) in [6, 6.07) is 1.99. The molecule has 106 valence electrons. The van der Waals surface area contributed by atoms with Gasteiger partial charge in [-0.15, -0.1) is 0 Å². The van der Waals surface area contributed by atoms with Crippen LogP contribution in [0.25, 0.3) is 0 Å². The molecule has 1 aliphatic rings. The zero-order valence-electron chi connectivity index (χ0n) is 12.1. The maximum absolute atomic E-state index is 5.99. The third-order valence-corrected chi connectivity index (χ3v) is 3.88. The molecule has 1 aromatic heterocycles. The summed E-state index contributed by atoms with van der Waals surface area (Å²) in [5.74, 6) is 0. The van der Waals surface area contributed by atoms with Crippen molar-refractivity contribution in [1.29, 1.82) is 0 Å². The van der Waals surface area contributed by atoms with E-state index in [1.807, 2.05) is 13.2 Å². The molecule has 2 rings (SSSR count). The van der Waals surface area contributed by atoms with E-state index in [2.05, 4.69) is 28.9 Å². The van der Waals surface area contributed by atoms with Crippen molar-refractivity contribution in [2.75, 3.05) is 51.5 Å². The maximum Gasteiger partial charge on any atom is 0.0838 e. The van der Waals surface area contributed by atoms with Crippen LogP contribution in [0.1, 0.15) is 12.8 Å². The van der Waals surface area contributed by atoms with Crippen molar-refractivity contribution in [3.8, 4) is 0 Å². The van der Waals surface area contributed by atoms with Gasteiger partial charge in [0, 0.05) is 32.9 Å². The summed E-state index contributed by atoms with van der Waals surface area (Å²) in [6.45, 7) is 2.90. The van der Waals surface area contributed by atoms with E-state index < -0.39 is 0 Å². The molecule has 1 fully saturated rings. The van der Waals surface area contributed by atoms with Crippen molar-refractivity contribution in [2.45, 2.75) is 18.4 Å². The van der Waals surface area contributed by atoms with Crippen LogP contribution < -0.4 is 10.6 Å². The minimum Gasteiger partial charge on any atom is -0.396 e. The molecule has 0 bridgehead atoms. The van der Waals surface area contributed by atoms with Crippen LogP contribution in [-0.4, -0.2) is 56.3 Å². The Morgan fingerprint density at radius 1 is 1.42 bits per heavy atom. The first-order valence-electron chi connectivity index (χ1n) is 6.71. The Balaban J connectivity index is 2.04. The van der Waals surface area contributed by atoms with Crippen LogP contribution in [0, 0.1) is 0 Å². The molecule has 5 nitrogen and oxygen atoms in total. The summed E-state index contributed by atoms with van der Waals surface area (Å²) < 4.78 is 5.79. The van der Waals surface area contributed by atoms with Crippen molar-refractivity contribution in [3.63, 3.8) is 0 Å². The number of anilines is 2. The number of methoxy groups -OCH3 is 1. The molecule has 0 atom stereocenters. The number of likely N-dealkylation sites (N-methyl/N-ethyl adjacent to an activating group) is 1. The molecule has 0 unspecified atom stereocenters. The van der Waals surface area contributed by atoms with Crippen molar-refractivity contribution in [2.24, 2.45) is 0 Å². The lowest BCUT2D eigenvalue weighted by molar-refractivity contribution is -0.0454. The number of pyridine rings is 1. The fourth-order valence-electron chi connectivity index (χ4n) is 2.85. The van der Waals surface area contributed by atoms with Gasteiger partial charge in [0.15, 0.2) is 0 Å². The molecule has 2 heterocycles. The summed E-state index contributed by atoms with van der Waals surface area (Å²) in [4.78, 5) is 8.56. The van der Waals surface area contributed by atoms with Crippen LogP contribution in [0.2, 0.25) is 0 Å². The predicted octanol–water partition coefficient (Wildman–Crippen LogP) is 1.21. The van der Waals surface area contributed by atoms with Crippen LogP contribution in [0.15, 0.2) is 18.5 Å². The molecule has 2 N–H and O–H groups in total. The highest BCUT2D eigenvalue weighted by atomic mass is 16.5.